The molecule has 0 aliphatic carbocycles. The van der Waals surface area contributed by atoms with Crippen LogP contribution in [0.2, 0.25) is 0 Å². The topological polar surface area (TPSA) is 29.5 Å². The molecule has 0 aromatic heterocycles. The van der Waals surface area contributed by atoms with Crippen LogP contribution >= 0.6 is 0 Å². The fourth-order valence-electron chi connectivity index (χ4n) is 2.03. The van der Waals surface area contributed by atoms with Crippen LogP contribution < -0.4 is 4.74 Å². The molecule has 1 N–H and O–H groups in total. The maximum absolute atomic E-state index is 9.79. The normalized spacial score (nSPS) is 12.6. The molecular weight excluding hydrogens is 224 g/mol. The molecule has 2 aromatic rings. The van der Waals surface area contributed by atoms with Crippen molar-refractivity contribution in [3.8, 4) is 5.75 Å². The zero-order chi connectivity index (χ0) is 12.8. The zero-order valence-corrected chi connectivity index (χ0v) is 10.8. The Morgan fingerprint density at radius 3 is 2.72 bits per heavy atom. The molecule has 2 heteroatoms. The Morgan fingerprint density at radius 1 is 1.11 bits per heavy atom. The van der Waals surface area contributed by atoms with Gasteiger partial charge < -0.3 is 9.84 Å². The van der Waals surface area contributed by atoms with E-state index in [1.807, 2.05) is 30.3 Å². The van der Waals surface area contributed by atoms with Crippen LogP contribution in [-0.2, 0) is 0 Å². The summed E-state index contributed by atoms with van der Waals surface area (Å²) in [5.41, 5.74) is 0. The third-order valence-corrected chi connectivity index (χ3v) is 3.07. The minimum Gasteiger partial charge on any atom is -0.490 e. The van der Waals surface area contributed by atoms with Crippen molar-refractivity contribution in [1.29, 1.82) is 0 Å². The fourth-order valence-corrected chi connectivity index (χ4v) is 2.03. The summed E-state index contributed by atoms with van der Waals surface area (Å²) in [6, 6.07) is 14.1. The monoisotopic (exact) mass is 244 g/mol. The second-order valence-corrected chi connectivity index (χ2v) is 4.58. The van der Waals surface area contributed by atoms with Crippen molar-refractivity contribution < 1.29 is 9.84 Å². The van der Waals surface area contributed by atoms with E-state index in [0.717, 1.165) is 35.8 Å². The van der Waals surface area contributed by atoms with E-state index >= 15 is 0 Å². The van der Waals surface area contributed by atoms with Gasteiger partial charge >= 0.3 is 0 Å². The summed E-state index contributed by atoms with van der Waals surface area (Å²) in [5, 5.41) is 12.1. The number of aliphatic hydroxyl groups is 1. The van der Waals surface area contributed by atoms with Crippen molar-refractivity contribution in [2.24, 2.45) is 0 Å². The van der Waals surface area contributed by atoms with Crippen LogP contribution in [0, 0.1) is 0 Å². The van der Waals surface area contributed by atoms with Gasteiger partial charge in [0.15, 0.2) is 0 Å². The average molecular weight is 244 g/mol. The SMILES string of the molecule is CCCCC(O)COc1cccc2ccccc12. The molecule has 1 atom stereocenters. The van der Waals surface area contributed by atoms with Crippen molar-refractivity contribution >= 4 is 10.8 Å². The van der Waals surface area contributed by atoms with E-state index in [9.17, 15) is 5.11 Å². The number of hydrogen-bond donors (Lipinski definition) is 1. The molecule has 0 radical (unpaired) electrons. The van der Waals surface area contributed by atoms with Crippen LogP contribution in [0.25, 0.3) is 10.8 Å². The lowest BCUT2D eigenvalue weighted by molar-refractivity contribution is 0.0988. The molecule has 0 aliphatic rings. The van der Waals surface area contributed by atoms with Crippen molar-refractivity contribution in [1.82, 2.24) is 0 Å². The molecule has 18 heavy (non-hydrogen) atoms. The first-order valence-electron chi connectivity index (χ1n) is 6.60. The Hall–Kier alpha value is -1.54. The highest BCUT2D eigenvalue weighted by Gasteiger charge is 2.06. The molecule has 96 valence electrons. The van der Waals surface area contributed by atoms with Gasteiger partial charge in [-0.05, 0) is 17.9 Å². The third-order valence-electron chi connectivity index (χ3n) is 3.07. The fraction of sp³-hybridized carbons (Fsp3) is 0.375. The maximum atomic E-state index is 9.79. The van der Waals surface area contributed by atoms with Gasteiger partial charge in [-0.15, -0.1) is 0 Å². The van der Waals surface area contributed by atoms with E-state index in [0.29, 0.717) is 6.61 Å². The minimum atomic E-state index is -0.371. The lowest BCUT2D eigenvalue weighted by Crippen LogP contribution is -2.17. The van der Waals surface area contributed by atoms with Gasteiger partial charge in [-0.3, -0.25) is 0 Å². The Kier molecular flexibility index (Phi) is 4.59. The Bertz CT molecular complexity index is 488. The van der Waals surface area contributed by atoms with Crippen molar-refractivity contribution in [2.45, 2.75) is 32.3 Å². The molecular formula is C16H20O2. The molecule has 0 bridgehead atoms. The molecule has 0 heterocycles. The predicted octanol–water partition coefficient (Wildman–Crippen LogP) is 3.77. The second kappa shape index (κ2) is 6.41. The van der Waals surface area contributed by atoms with E-state index in [1.54, 1.807) is 0 Å². The number of rotatable bonds is 6. The highest BCUT2D eigenvalue weighted by Crippen LogP contribution is 2.25. The van der Waals surface area contributed by atoms with Crippen LogP contribution in [0.5, 0.6) is 5.75 Å². The van der Waals surface area contributed by atoms with Gasteiger partial charge in [0, 0.05) is 5.39 Å². The van der Waals surface area contributed by atoms with Gasteiger partial charge in [0.05, 0.1) is 6.10 Å². The van der Waals surface area contributed by atoms with Crippen molar-refractivity contribution in [3.05, 3.63) is 42.5 Å². The lowest BCUT2D eigenvalue weighted by atomic mass is 10.1. The average Bonchev–Trinajstić information content (AvgIpc) is 2.42. The highest BCUT2D eigenvalue weighted by atomic mass is 16.5. The Labute approximate surface area is 108 Å². The molecule has 0 saturated heterocycles. The summed E-state index contributed by atoms with van der Waals surface area (Å²) in [6.07, 6.45) is 2.58. The second-order valence-electron chi connectivity index (χ2n) is 4.58. The van der Waals surface area contributed by atoms with Crippen LogP contribution in [0.3, 0.4) is 0 Å². The zero-order valence-electron chi connectivity index (χ0n) is 10.8. The summed E-state index contributed by atoms with van der Waals surface area (Å²) < 4.78 is 5.73. The largest absolute Gasteiger partial charge is 0.490 e. The first-order chi connectivity index (χ1) is 8.81. The van der Waals surface area contributed by atoms with Crippen molar-refractivity contribution in [2.75, 3.05) is 6.61 Å². The molecule has 2 rings (SSSR count). The van der Waals surface area contributed by atoms with Gasteiger partial charge in [0.2, 0.25) is 0 Å². The molecule has 0 fully saturated rings. The summed E-state index contributed by atoms with van der Waals surface area (Å²) in [7, 11) is 0. The molecule has 0 saturated carbocycles. The van der Waals surface area contributed by atoms with Crippen LogP contribution in [0.15, 0.2) is 42.5 Å². The number of unbranched alkanes of at least 4 members (excludes halogenated alkanes) is 1. The number of ether oxygens (including phenoxy) is 1. The minimum absolute atomic E-state index is 0.369. The molecule has 0 spiro atoms. The summed E-state index contributed by atoms with van der Waals surface area (Å²) in [4.78, 5) is 0. The van der Waals surface area contributed by atoms with Crippen LogP contribution in [0.4, 0.5) is 0 Å². The summed E-state index contributed by atoms with van der Waals surface area (Å²) >= 11 is 0. The number of benzene rings is 2. The van der Waals surface area contributed by atoms with Gasteiger partial charge in [-0.2, -0.15) is 0 Å². The molecule has 0 aliphatic heterocycles. The smallest absolute Gasteiger partial charge is 0.127 e. The molecule has 2 aromatic carbocycles. The first-order valence-corrected chi connectivity index (χ1v) is 6.60. The number of fused-ring (bicyclic) bond motifs is 1. The Morgan fingerprint density at radius 2 is 1.89 bits per heavy atom. The van der Waals surface area contributed by atoms with Gasteiger partial charge in [0.25, 0.3) is 0 Å². The number of aliphatic hydroxyl groups excluding tert-OH is 1. The van der Waals surface area contributed by atoms with Gasteiger partial charge in [0.1, 0.15) is 12.4 Å². The highest BCUT2D eigenvalue weighted by molar-refractivity contribution is 5.88. The molecule has 0 amide bonds. The first kappa shape index (κ1) is 12.9. The molecule has 2 nitrogen and oxygen atoms in total. The summed E-state index contributed by atoms with van der Waals surface area (Å²) in [6.45, 7) is 2.49. The van der Waals surface area contributed by atoms with E-state index in [4.69, 9.17) is 4.74 Å². The Balaban J connectivity index is 2.03. The van der Waals surface area contributed by atoms with E-state index in [-0.39, 0.29) is 6.10 Å². The van der Waals surface area contributed by atoms with Crippen LogP contribution in [0.1, 0.15) is 26.2 Å². The lowest BCUT2D eigenvalue weighted by Gasteiger charge is -2.13. The summed E-state index contributed by atoms with van der Waals surface area (Å²) in [5.74, 6) is 0.851. The quantitative estimate of drug-likeness (QED) is 0.838. The predicted molar refractivity (Wildman–Crippen MR) is 75.0 cm³/mol. The third kappa shape index (κ3) is 3.23. The van der Waals surface area contributed by atoms with Crippen LogP contribution in [-0.4, -0.2) is 17.8 Å². The van der Waals surface area contributed by atoms with E-state index in [1.165, 1.54) is 0 Å². The number of hydrogen-bond acceptors (Lipinski definition) is 2. The van der Waals surface area contributed by atoms with E-state index < -0.39 is 0 Å². The standard InChI is InChI=1S/C16H20O2/c1-2-3-9-14(17)12-18-16-11-6-8-13-7-4-5-10-15(13)16/h4-8,10-11,14,17H,2-3,9,12H2,1H3. The van der Waals surface area contributed by atoms with Gasteiger partial charge in [-0.25, -0.2) is 0 Å². The maximum Gasteiger partial charge on any atom is 0.127 e. The van der Waals surface area contributed by atoms with Crippen molar-refractivity contribution in [3.63, 3.8) is 0 Å². The van der Waals surface area contributed by atoms with Gasteiger partial charge in [-0.1, -0.05) is 56.2 Å². The molecule has 1 unspecified atom stereocenters. The van der Waals surface area contributed by atoms with E-state index in [2.05, 4.69) is 19.1 Å².